The van der Waals surface area contributed by atoms with Crippen molar-refractivity contribution in [3.8, 4) is 10.6 Å². The van der Waals surface area contributed by atoms with E-state index in [1.54, 1.807) is 11.3 Å². The zero-order valence-electron chi connectivity index (χ0n) is 21.1. The van der Waals surface area contributed by atoms with E-state index in [2.05, 4.69) is 27.5 Å². The number of imidazole rings is 1. The second-order valence-electron chi connectivity index (χ2n) is 9.92. The fraction of sp³-hybridized carbons (Fsp3) is 0.370. The number of anilines is 2. The Balaban J connectivity index is 1.35. The number of aromatic nitrogens is 6. The number of fused-ring (bicyclic) bond motifs is 2. The van der Waals surface area contributed by atoms with E-state index in [0.717, 1.165) is 62.2 Å². The van der Waals surface area contributed by atoms with Crippen molar-refractivity contribution in [1.29, 1.82) is 0 Å². The normalized spacial score (nSPS) is 19.6. The van der Waals surface area contributed by atoms with Crippen LogP contribution in [-0.2, 0) is 6.54 Å². The van der Waals surface area contributed by atoms with E-state index in [4.69, 9.17) is 15.0 Å². The third kappa shape index (κ3) is 4.62. The summed E-state index contributed by atoms with van der Waals surface area (Å²) in [5.41, 5.74) is 5.41. The molecular formula is C27H30N8OS. The SMILES string of the molecule is Cc1nc(NCc2cn3ccccc3n2)nc(NC2CC(CO)CC2C)c1-c1nc2c(C)nccc2s1. The molecule has 190 valence electrons. The van der Waals surface area contributed by atoms with Gasteiger partial charge in [0.15, 0.2) is 0 Å². The molecule has 6 rings (SSSR count). The molecule has 5 heterocycles. The van der Waals surface area contributed by atoms with Gasteiger partial charge in [0, 0.05) is 31.2 Å². The molecule has 1 aliphatic rings. The van der Waals surface area contributed by atoms with Gasteiger partial charge in [0.05, 0.1) is 33.9 Å². The lowest BCUT2D eigenvalue weighted by Crippen LogP contribution is -2.24. The standard InChI is InChI=1S/C27H30N8OS/c1-15-10-18(14-36)11-20(15)32-25-23(26-33-24-17(3)28-8-7-21(24)37-26)16(2)30-27(34-25)29-12-19-13-35-9-5-4-6-22(35)31-19/h4-9,13,15,18,20,36H,10-12,14H2,1-3H3,(H2,29,30,32,34). The largest absolute Gasteiger partial charge is 0.396 e. The molecule has 0 radical (unpaired) electrons. The molecule has 1 saturated carbocycles. The van der Waals surface area contributed by atoms with E-state index in [1.807, 2.05) is 61.1 Å². The summed E-state index contributed by atoms with van der Waals surface area (Å²) in [6, 6.07) is 8.17. The zero-order chi connectivity index (χ0) is 25.5. The Kier molecular flexibility index (Phi) is 6.21. The minimum Gasteiger partial charge on any atom is -0.396 e. The molecule has 3 N–H and O–H groups in total. The van der Waals surface area contributed by atoms with Crippen LogP contribution >= 0.6 is 11.3 Å². The fourth-order valence-electron chi connectivity index (χ4n) is 5.25. The molecule has 5 aromatic heterocycles. The summed E-state index contributed by atoms with van der Waals surface area (Å²) < 4.78 is 3.10. The van der Waals surface area contributed by atoms with Gasteiger partial charge in [-0.2, -0.15) is 4.98 Å². The number of aryl methyl sites for hydroxylation is 2. The van der Waals surface area contributed by atoms with E-state index in [0.29, 0.717) is 24.3 Å². The molecule has 9 nitrogen and oxygen atoms in total. The van der Waals surface area contributed by atoms with Crippen LogP contribution < -0.4 is 10.6 Å². The number of hydrogen-bond acceptors (Lipinski definition) is 9. The fourth-order valence-corrected chi connectivity index (χ4v) is 6.36. The summed E-state index contributed by atoms with van der Waals surface area (Å²) in [5, 5.41) is 17.7. The molecule has 0 saturated heterocycles. The number of nitrogens with zero attached hydrogens (tertiary/aromatic N) is 6. The second kappa shape index (κ2) is 9.68. The van der Waals surface area contributed by atoms with E-state index < -0.39 is 0 Å². The van der Waals surface area contributed by atoms with Crippen molar-refractivity contribution in [2.75, 3.05) is 17.2 Å². The summed E-state index contributed by atoms with van der Waals surface area (Å²) in [7, 11) is 0. The molecule has 5 aromatic rings. The van der Waals surface area contributed by atoms with Crippen LogP contribution in [0, 0.1) is 25.7 Å². The predicted octanol–water partition coefficient (Wildman–Crippen LogP) is 4.84. The van der Waals surface area contributed by atoms with Gasteiger partial charge >= 0.3 is 0 Å². The highest BCUT2D eigenvalue weighted by molar-refractivity contribution is 7.21. The first-order valence-corrected chi connectivity index (χ1v) is 13.4. The van der Waals surface area contributed by atoms with Gasteiger partial charge in [0.25, 0.3) is 0 Å². The molecule has 37 heavy (non-hydrogen) atoms. The lowest BCUT2D eigenvalue weighted by atomic mass is 10.1. The van der Waals surface area contributed by atoms with Crippen molar-refractivity contribution in [1.82, 2.24) is 29.3 Å². The highest BCUT2D eigenvalue weighted by atomic mass is 32.1. The van der Waals surface area contributed by atoms with Crippen molar-refractivity contribution in [3.63, 3.8) is 0 Å². The van der Waals surface area contributed by atoms with E-state index in [9.17, 15) is 5.11 Å². The van der Waals surface area contributed by atoms with Gasteiger partial charge < -0.3 is 20.1 Å². The van der Waals surface area contributed by atoms with Crippen LogP contribution in [-0.4, -0.2) is 47.1 Å². The van der Waals surface area contributed by atoms with E-state index in [-0.39, 0.29) is 12.6 Å². The Bertz CT molecular complexity index is 1540. The van der Waals surface area contributed by atoms with Gasteiger partial charge in [-0.1, -0.05) is 13.0 Å². The van der Waals surface area contributed by atoms with Crippen LogP contribution in [0.1, 0.15) is 36.8 Å². The van der Waals surface area contributed by atoms with Crippen molar-refractivity contribution < 1.29 is 5.11 Å². The zero-order valence-corrected chi connectivity index (χ0v) is 22.0. The summed E-state index contributed by atoms with van der Waals surface area (Å²) in [5.74, 6) is 2.05. The van der Waals surface area contributed by atoms with Crippen LogP contribution in [0.25, 0.3) is 26.4 Å². The van der Waals surface area contributed by atoms with Crippen molar-refractivity contribution in [2.45, 2.75) is 46.2 Å². The number of nitrogens with one attached hydrogen (secondary N) is 2. The van der Waals surface area contributed by atoms with Gasteiger partial charge in [-0.25, -0.2) is 15.0 Å². The maximum absolute atomic E-state index is 9.74. The molecule has 0 bridgehead atoms. The summed E-state index contributed by atoms with van der Waals surface area (Å²) in [6.07, 6.45) is 7.73. The van der Waals surface area contributed by atoms with Crippen LogP contribution in [0.4, 0.5) is 11.8 Å². The quantitative estimate of drug-likeness (QED) is 0.283. The van der Waals surface area contributed by atoms with Gasteiger partial charge in [0.1, 0.15) is 22.0 Å². The number of rotatable bonds is 7. The minimum absolute atomic E-state index is 0.216. The maximum atomic E-state index is 9.74. The van der Waals surface area contributed by atoms with Crippen molar-refractivity contribution >= 4 is 39.0 Å². The molecule has 3 unspecified atom stereocenters. The Labute approximate surface area is 219 Å². The van der Waals surface area contributed by atoms with Gasteiger partial charge in [-0.15, -0.1) is 11.3 Å². The average molecular weight is 515 g/mol. The van der Waals surface area contributed by atoms with Crippen LogP contribution in [0.15, 0.2) is 42.9 Å². The molecule has 0 aromatic carbocycles. The van der Waals surface area contributed by atoms with Gasteiger partial charge in [-0.3, -0.25) is 4.98 Å². The highest BCUT2D eigenvalue weighted by Crippen LogP contribution is 2.39. The van der Waals surface area contributed by atoms with E-state index in [1.165, 1.54) is 0 Å². The highest BCUT2D eigenvalue weighted by Gasteiger charge is 2.32. The second-order valence-corrected chi connectivity index (χ2v) is 10.9. The third-order valence-corrected chi connectivity index (χ3v) is 8.23. The molecule has 10 heteroatoms. The average Bonchev–Trinajstić information content (AvgIpc) is 3.59. The van der Waals surface area contributed by atoms with Crippen LogP contribution in [0.2, 0.25) is 0 Å². The number of aliphatic hydroxyl groups is 1. The molecule has 3 atom stereocenters. The van der Waals surface area contributed by atoms with Crippen LogP contribution in [0.5, 0.6) is 0 Å². The first kappa shape index (κ1) is 23.7. The monoisotopic (exact) mass is 514 g/mol. The summed E-state index contributed by atoms with van der Waals surface area (Å²) >= 11 is 1.63. The molecule has 0 aliphatic heterocycles. The maximum Gasteiger partial charge on any atom is 0.225 e. The van der Waals surface area contributed by atoms with Gasteiger partial charge in [0.2, 0.25) is 5.95 Å². The van der Waals surface area contributed by atoms with E-state index >= 15 is 0 Å². The summed E-state index contributed by atoms with van der Waals surface area (Å²) in [6.45, 7) is 6.95. The Hall–Kier alpha value is -3.63. The number of hydrogen-bond donors (Lipinski definition) is 3. The number of aliphatic hydroxyl groups excluding tert-OH is 1. The lowest BCUT2D eigenvalue weighted by Gasteiger charge is -2.21. The lowest BCUT2D eigenvalue weighted by molar-refractivity contribution is 0.226. The number of thiazole rings is 1. The van der Waals surface area contributed by atoms with Crippen LogP contribution in [0.3, 0.4) is 0 Å². The topological polar surface area (TPSA) is 113 Å². The third-order valence-electron chi connectivity index (χ3n) is 7.20. The smallest absolute Gasteiger partial charge is 0.225 e. The number of pyridine rings is 2. The molecule has 1 fully saturated rings. The Morgan fingerprint density at radius 2 is 1.97 bits per heavy atom. The van der Waals surface area contributed by atoms with Crippen molar-refractivity contribution in [3.05, 3.63) is 59.9 Å². The molecule has 0 amide bonds. The molecule has 0 spiro atoms. The minimum atomic E-state index is 0.216. The molecule has 1 aliphatic carbocycles. The van der Waals surface area contributed by atoms with Crippen molar-refractivity contribution in [2.24, 2.45) is 11.8 Å². The Morgan fingerprint density at radius 1 is 1.08 bits per heavy atom. The van der Waals surface area contributed by atoms with Gasteiger partial charge in [-0.05, 0) is 56.7 Å². The molecular weight excluding hydrogens is 484 g/mol. The first-order chi connectivity index (χ1) is 18.0. The first-order valence-electron chi connectivity index (χ1n) is 12.6. The Morgan fingerprint density at radius 3 is 2.76 bits per heavy atom. The summed E-state index contributed by atoms with van der Waals surface area (Å²) in [4.78, 5) is 23.8. The predicted molar refractivity (Wildman–Crippen MR) is 147 cm³/mol.